The van der Waals surface area contributed by atoms with Crippen molar-refractivity contribution in [2.24, 2.45) is 0 Å². The standard InChI is InChI=1S/C15H20ClNO/c1-10-6-5-7-12-11(2)8-15(3,4)17(14(10)12)13(18)9-16/h5-7,11H,8-9H2,1-4H3/t11-/m1/s1. The van der Waals surface area contributed by atoms with Crippen LogP contribution < -0.4 is 4.90 Å². The van der Waals surface area contributed by atoms with Crippen molar-refractivity contribution in [3.05, 3.63) is 29.3 Å². The number of hydrogen-bond acceptors (Lipinski definition) is 1. The molecule has 0 saturated heterocycles. The Labute approximate surface area is 114 Å². The smallest absolute Gasteiger partial charge is 0.242 e. The SMILES string of the molecule is Cc1cccc2c1N(C(=O)CCl)C(C)(C)C[C@H]2C. The Balaban J connectivity index is 2.64. The summed E-state index contributed by atoms with van der Waals surface area (Å²) in [5.74, 6) is 0.490. The van der Waals surface area contributed by atoms with Crippen molar-refractivity contribution >= 4 is 23.2 Å². The largest absolute Gasteiger partial charge is 0.305 e. The molecule has 1 heterocycles. The Morgan fingerprint density at radius 3 is 2.78 bits per heavy atom. The van der Waals surface area contributed by atoms with Gasteiger partial charge in [-0.25, -0.2) is 0 Å². The first-order valence-corrected chi connectivity index (χ1v) is 6.90. The summed E-state index contributed by atoms with van der Waals surface area (Å²) >= 11 is 5.78. The Hall–Kier alpha value is -1.02. The summed E-state index contributed by atoms with van der Waals surface area (Å²) in [7, 11) is 0. The van der Waals surface area contributed by atoms with Crippen LogP contribution in [0.15, 0.2) is 18.2 Å². The van der Waals surface area contributed by atoms with E-state index in [0.29, 0.717) is 5.92 Å². The molecule has 0 fully saturated rings. The molecule has 1 amide bonds. The van der Waals surface area contributed by atoms with E-state index in [-0.39, 0.29) is 17.3 Å². The maximum absolute atomic E-state index is 12.2. The van der Waals surface area contributed by atoms with Crippen molar-refractivity contribution in [1.29, 1.82) is 0 Å². The van der Waals surface area contributed by atoms with Gasteiger partial charge in [-0.05, 0) is 44.2 Å². The number of para-hydroxylation sites is 1. The number of fused-ring (bicyclic) bond motifs is 1. The molecule has 0 saturated carbocycles. The van der Waals surface area contributed by atoms with E-state index in [4.69, 9.17) is 11.6 Å². The summed E-state index contributed by atoms with van der Waals surface area (Å²) in [5, 5.41) is 0. The van der Waals surface area contributed by atoms with E-state index in [9.17, 15) is 4.79 Å². The fourth-order valence-corrected chi connectivity index (χ4v) is 3.28. The van der Waals surface area contributed by atoms with Gasteiger partial charge in [0.05, 0.1) is 5.69 Å². The van der Waals surface area contributed by atoms with Crippen molar-refractivity contribution in [2.75, 3.05) is 10.8 Å². The van der Waals surface area contributed by atoms with Crippen LogP contribution >= 0.6 is 11.6 Å². The normalized spacial score (nSPS) is 21.6. The van der Waals surface area contributed by atoms with E-state index in [1.807, 2.05) is 4.90 Å². The number of anilines is 1. The number of rotatable bonds is 1. The Morgan fingerprint density at radius 1 is 1.50 bits per heavy atom. The lowest BCUT2D eigenvalue weighted by Gasteiger charge is -2.46. The zero-order valence-corrected chi connectivity index (χ0v) is 12.2. The molecule has 0 aliphatic carbocycles. The first-order valence-electron chi connectivity index (χ1n) is 6.37. The summed E-state index contributed by atoms with van der Waals surface area (Å²) < 4.78 is 0. The monoisotopic (exact) mass is 265 g/mol. The highest BCUT2D eigenvalue weighted by atomic mass is 35.5. The third-order valence-electron chi connectivity index (χ3n) is 3.80. The van der Waals surface area contributed by atoms with E-state index in [0.717, 1.165) is 17.7 Å². The molecule has 1 atom stereocenters. The lowest BCUT2D eigenvalue weighted by Crippen LogP contribution is -2.52. The van der Waals surface area contributed by atoms with Gasteiger partial charge in [0.2, 0.25) is 5.91 Å². The molecule has 98 valence electrons. The first kappa shape index (κ1) is 13.4. The van der Waals surface area contributed by atoms with Gasteiger partial charge in [0, 0.05) is 5.54 Å². The summed E-state index contributed by atoms with van der Waals surface area (Å²) in [5.41, 5.74) is 3.29. The molecule has 0 bridgehead atoms. The zero-order valence-electron chi connectivity index (χ0n) is 11.5. The van der Waals surface area contributed by atoms with Crippen LogP contribution in [0.25, 0.3) is 0 Å². The minimum atomic E-state index is -0.176. The molecule has 1 aliphatic heterocycles. The first-order chi connectivity index (χ1) is 8.38. The van der Waals surface area contributed by atoms with E-state index < -0.39 is 0 Å². The molecule has 18 heavy (non-hydrogen) atoms. The van der Waals surface area contributed by atoms with Gasteiger partial charge >= 0.3 is 0 Å². The minimum Gasteiger partial charge on any atom is -0.305 e. The molecule has 1 aliphatic rings. The van der Waals surface area contributed by atoms with Crippen molar-refractivity contribution in [1.82, 2.24) is 0 Å². The van der Waals surface area contributed by atoms with Crippen LogP contribution in [0.2, 0.25) is 0 Å². The van der Waals surface area contributed by atoms with Crippen molar-refractivity contribution in [3.63, 3.8) is 0 Å². The fourth-order valence-electron chi connectivity index (χ4n) is 3.16. The third kappa shape index (κ3) is 2.03. The lowest BCUT2D eigenvalue weighted by molar-refractivity contribution is -0.117. The van der Waals surface area contributed by atoms with Crippen LogP contribution in [0, 0.1) is 6.92 Å². The van der Waals surface area contributed by atoms with E-state index in [1.165, 1.54) is 5.56 Å². The number of benzene rings is 1. The van der Waals surface area contributed by atoms with E-state index in [1.54, 1.807) is 0 Å². The molecule has 1 aromatic carbocycles. The number of alkyl halides is 1. The molecular weight excluding hydrogens is 246 g/mol. The second-order valence-corrected chi connectivity index (χ2v) is 6.06. The van der Waals surface area contributed by atoms with Gasteiger partial charge in [0.1, 0.15) is 5.88 Å². The molecule has 0 radical (unpaired) electrons. The number of amides is 1. The maximum atomic E-state index is 12.2. The molecule has 3 heteroatoms. The Kier molecular flexibility index (Phi) is 3.41. The number of aryl methyl sites for hydroxylation is 1. The van der Waals surface area contributed by atoms with Gasteiger partial charge in [0.15, 0.2) is 0 Å². The fraction of sp³-hybridized carbons (Fsp3) is 0.533. The summed E-state index contributed by atoms with van der Waals surface area (Å²) in [6.07, 6.45) is 0.964. The topological polar surface area (TPSA) is 20.3 Å². The summed E-state index contributed by atoms with van der Waals surface area (Å²) in [4.78, 5) is 14.1. The van der Waals surface area contributed by atoms with Crippen LogP contribution in [0.5, 0.6) is 0 Å². The number of carbonyl (C=O) groups excluding carboxylic acids is 1. The molecule has 0 spiro atoms. The lowest BCUT2D eigenvalue weighted by atomic mass is 9.79. The van der Waals surface area contributed by atoms with E-state index >= 15 is 0 Å². The van der Waals surface area contributed by atoms with Gasteiger partial charge in [-0.15, -0.1) is 11.6 Å². The van der Waals surface area contributed by atoms with E-state index in [2.05, 4.69) is 45.9 Å². The third-order valence-corrected chi connectivity index (χ3v) is 4.03. The predicted octanol–water partition coefficient (Wildman–Crippen LogP) is 3.85. The van der Waals surface area contributed by atoms with Gasteiger partial charge in [0.25, 0.3) is 0 Å². The van der Waals surface area contributed by atoms with Crippen LogP contribution in [0.3, 0.4) is 0 Å². The second-order valence-electron chi connectivity index (χ2n) is 5.79. The number of hydrogen-bond donors (Lipinski definition) is 0. The molecule has 1 aromatic rings. The Bertz CT molecular complexity index is 481. The van der Waals surface area contributed by atoms with Crippen molar-refractivity contribution in [3.8, 4) is 0 Å². The highest BCUT2D eigenvalue weighted by Gasteiger charge is 2.40. The van der Waals surface area contributed by atoms with Gasteiger partial charge < -0.3 is 4.90 Å². The second kappa shape index (κ2) is 4.58. The highest BCUT2D eigenvalue weighted by molar-refractivity contribution is 6.29. The average molecular weight is 266 g/mol. The summed E-state index contributed by atoms with van der Waals surface area (Å²) in [6, 6.07) is 6.24. The van der Waals surface area contributed by atoms with Crippen molar-refractivity contribution < 1.29 is 4.79 Å². The molecule has 2 rings (SSSR count). The quantitative estimate of drug-likeness (QED) is 0.706. The minimum absolute atomic E-state index is 0.0101. The predicted molar refractivity (Wildman–Crippen MR) is 76.5 cm³/mol. The number of carbonyl (C=O) groups is 1. The van der Waals surface area contributed by atoms with Crippen LogP contribution in [-0.2, 0) is 4.79 Å². The molecular formula is C15H20ClNO. The van der Waals surface area contributed by atoms with Crippen molar-refractivity contribution in [2.45, 2.75) is 45.6 Å². The number of nitrogens with zero attached hydrogens (tertiary/aromatic N) is 1. The molecule has 0 unspecified atom stereocenters. The van der Waals surface area contributed by atoms with Crippen LogP contribution in [-0.4, -0.2) is 17.3 Å². The maximum Gasteiger partial charge on any atom is 0.242 e. The Morgan fingerprint density at radius 2 is 2.17 bits per heavy atom. The molecule has 0 N–H and O–H groups in total. The number of halogens is 1. The van der Waals surface area contributed by atoms with Crippen LogP contribution in [0.4, 0.5) is 5.69 Å². The van der Waals surface area contributed by atoms with Gasteiger partial charge in [-0.2, -0.15) is 0 Å². The highest BCUT2D eigenvalue weighted by Crippen LogP contribution is 2.44. The average Bonchev–Trinajstić information content (AvgIpc) is 2.29. The van der Waals surface area contributed by atoms with Gasteiger partial charge in [-0.3, -0.25) is 4.79 Å². The summed E-state index contributed by atoms with van der Waals surface area (Å²) in [6.45, 7) is 8.51. The molecule has 2 nitrogen and oxygen atoms in total. The zero-order chi connectivity index (χ0) is 13.5. The molecule has 0 aromatic heterocycles. The van der Waals surface area contributed by atoms with Gasteiger partial charge in [-0.1, -0.05) is 25.1 Å². The van der Waals surface area contributed by atoms with Crippen LogP contribution in [0.1, 0.15) is 44.2 Å².